The fourth-order valence-electron chi connectivity index (χ4n) is 4.72. The minimum absolute atomic E-state index is 0.0510. The summed E-state index contributed by atoms with van der Waals surface area (Å²) in [6, 6.07) is 21.7. The third-order valence-electron chi connectivity index (χ3n) is 6.69. The van der Waals surface area contributed by atoms with E-state index >= 15 is 0 Å². The van der Waals surface area contributed by atoms with E-state index in [1.54, 1.807) is 4.52 Å². The largest absolute Gasteiger partial charge is 0.368 e. The Morgan fingerprint density at radius 2 is 1.69 bits per heavy atom. The molecule has 1 aliphatic heterocycles. The van der Waals surface area contributed by atoms with Gasteiger partial charge in [0.15, 0.2) is 5.82 Å². The molecule has 0 radical (unpaired) electrons. The molecule has 3 aromatic carbocycles. The van der Waals surface area contributed by atoms with E-state index in [1.807, 2.05) is 53.4 Å². The molecular weight excluding hydrogens is 452 g/mol. The number of aromatic nitrogens is 5. The van der Waals surface area contributed by atoms with Crippen LogP contribution in [0.3, 0.4) is 0 Å². The van der Waals surface area contributed by atoms with E-state index in [2.05, 4.69) is 57.8 Å². The highest BCUT2D eigenvalue weighted by molar-refractivity contribution is 5.95. The molecule has 36 heavy (non-hydrogen) atoms. The van der Waals surface area contributed by atoms with E-state index in [0.717, 1.165) is 29.8 Å². The summed E-state index contributed by atoms with van der Waals surface area (Å²) >= 11 is 0. The number of tetrazole rings is 1. The van der Waals surface area contributed by atoms with Gasteiger partial charge < -0.3 is 15.1 Å². The molecule has 1 saturated heterocycles. The van der Waals surface area contributed by atoms with Crippen LogP contribution in [0.25, 0.3) is 16.7 Å². The van der Waals surface area contributed by atoms with Crippen LogP contribution in [0.1, 0.15) is 21.5 Å². The van der Waals surface area contributed by atoms with Crippen molar-refractivity contribution in [2.75, 3.05) is 36.4 Å². The molecule has 0 unspecified atom stereocenters. The minimum atomic E-state index is 0.0510. The van der Waals surface area contributed by atoms with Crippen molar-refractivity contribution in [3.63, 3.8) is 0 Å². The molecule has 1 amide bonds. The number of piperazine rings is 1. The molecule has 9 heteroatoms. The van der Waals surface area contributed by atoms with Gasteiger partial charge in [0.1, 0.15) is 0 Å². The van der Waals surface area contributed by atoms with Gasteiger partial charge in [0, 0.05) is 43.1 Å². The van der Waals surface area contributed by atoms with Gasteiger partial charge in [-0.05, 0) is 77.9 Å². The summed E-state index contributed by atoms with van der Waals surface area (Å²) in [5.74, 6) is 0.607. The highest BCUT2D eigenvalue weighted by atomic mass is 16.2. The van der Waals surface area contributed by atoms with Gasteiger partial charge in [-0.2, -0.15) is 4.52 Å². The molecule has 0 bridgehead atoms. The molecule has 0 aliphatic carbocycles. The molecule has 2 aromatic heterocycles. The Morgan fingerprint density at radius 3 is 2.50 bits per heavy atom. The lowest BCUT2D eigenvalue weighted by Crippen LogP contribution is -2.49. The smallest absolute Gasteiger partial charge is 0.253 e. The summed E-state index contributed by atoms with van der Waals surface area (Å²) in [5.41, 5.74) is 7.41. The van der Waals surface area contributed by atoms with Crippen molar-refractivity contribution < 1.29 is 4.79 Å². The molecular formula is C27H26N8O. The zero-order valence-electron chi connectivity index (χ0n) is 20.2. The van der Waals surface area contributed by atoms with Crippen LogP contribution >= 0.6 is 0 Å². The zero-order valence-corrected chi connectivity index (χ0v) is 20.2. The van der Waals surface area contributed by atoms with Crippen molar-refractivity contribution in [3.05, 3.63) is 83.4 Å². The van der Waals surface area contributed by atoms with Crippen LogP contribution in [-0.2, 0) is 0 Å². The second-order valence-corrected chi connectivity index (χ2v) is 9.13. The third-order valence-corrected chi connectivity index (χ3v) is 6.69. The Labute approximate surface area is 208 Å². The summed E-state index contributed by atoms with van der Waals surface area (Å²) in [6.07, 6.45) is 0. The fourth-order valence-corrected chi connectivity index (χ4v) is 4.72. The van der Waals surface area contributed by atoms with E-state index in [4.69, 9.17) is 4.98 Å². The van der Waals surface area contributed by atoms with Gasteiger partial charge in [-0.25, -0.2) is 4.98 Å². The summed E-state index contributed by atoms with van der Waals surface area (Å²) in [4.78, 5) is 22.2. The van der Waals surface area contributed by atoms with Crippen LogP contribution in [0, 0.1) is 13.8 Å². The van der Waals surface area contributed by atoms with Crippen LogP contribution in [-0.4, -0.2) is 62.0 Å². The van der Waals surface area contributed by atoms with Crippen LogP contribution in [0.5, 0.6) is 0 Å². The molecule has 5 aromatic rings. The number of rotatable bonds is 4. The first-order chi connectivity index (χ1) is 17.6. The second kappa shape index (κ2) is 8.92. The number of anilines is 3. The molecule has 180 valence electrons. The molecule has 1 fully saturated rings. The monoisotopic (exact) mass is 478 g/mol. The lowest BCUT2D eigenvalue weighted by Gasteiger charge is -2.37. The van der Waals surface area contributed by atoms with E-state index in [-0.39, 0.29) is 5.91 Å². The van der Waals surface area contributed by atoms with Gasteiger partial charge >= 0.3 is 0 Å². The number of hydrogen-bond acceptors (Lipinski definition) is 7. The normalized spacial score (nSPS) is 13.9. The lowest BCUT2D eigenvalue weighted by atomic mass is 10.1. The number of benzene rings is 3. The first kappa shape index (κ1) is 22.0. The Morgan fingerprint density at radius 1 is 0.917 bits per heavy atom. The molecule has 0 saturated carbocycles. The summed E-state index contributed by atoms with van der Waals surface area (Å²) in [6.45, 7) is 7.30. The quantitative estimate of drug-likeness (QED) is 0.418. The highest BCUT2D eigenvalue weighted by Gasteiger charge is 2.23. The number of carbonyl (C=O) groups is 1. The Hall–Kier alpha value is -4.53. The van der Waals surface area contributed by atoms with E-state index in [1.165, 1.54) is 16.8 Å². The van der Waals surface area contributed by atoms with Crippen molar-refractivity contribution in [2.24, 2.45) is 0 Å². The molecule has 0 atom stereocenters. The van der Waals surface area contributed by atoms with Gasteiger partial charge in [0.25, 0.3) is 5.91 Å². The topological polar surface area (TPSA) is 91.5 Å². The number of carbonyl (C=O) groups excluding carboxylic acids is 1. The number of amides is 1. The Balaban J connectivity index is 1.15. The van der Waals surface area contributed by atoms with E-state index in [0.29, 0.717) is 30.1 Å². The molecule has 0 spiro atoms. The number of aryl methyl sites for hydroxylation is 2. The maximum atomic E-state index is 13.2. The summed E-state index contributed by atoms with van der Waals surface area (Å²) < 4.78 is 1.67. The molecule has 9 nitrogen and oxygen atoms in total. The standard InChI is InChI=1S/C27H26N8O/c1-18-7-8-19(2)24(17-18)33-13-15-34(16-14-33)27(36)20-9-11-21(12-10-20)28-25-26-30-31-32-35(26)23-6-4-3-5-22(23)29-25/h3-12,17H,13-16H2,1-2H3,(H,28,29). The maximum absolute atomic E-state index is 13.2. The van der Waals surface area contributed by atoms with E-state index < -0.39 is 0 Å². The summed E-state index contributed by atoms with van der Waals surface area (Å²) in [7, 11) is 0. The number of nitrogens with zero attached hydrogens (tertiary/aromatic N) is 7. The molecule has 3 heterocycles. The zero-order chi connectivity index (χ0) is 24.6. The average molecular weight is 479 g/mol. The number of fused-ring (bicyclic) bond motifs is 3. The van der Waals surface area contributed by atoms with Gasteiger partial charge in [-0.3, -0.25) is 4.79 Å². The minimum Gasteiger partial charge on any atom is -0.368 e. The second-order valence-electron chi connectivity index (χ2n) is 9.13. The molecule has 6 rings (SSSR count). The predicted molar refractivity (Wildman–Crippen MR) is 140 cm³/mol. The van der Waals surface area contributed by atoms with Gasteiger partial charge in [0.05, 0.1) is 11.0 Å². The van der Waals surface area contributed by atoms with Crippen molar-refractivity contribution in [1.29, 1.82) is 0 Å². The van der Waals surface area contributed by atoms with Crippen molar-refractivity contribution >= 4 is 39.8 Å². The summed E-state index contributed by atoms with van der Waals surface area (Å²) in [5, 5.41) is 15.3. The van der Waals surface area contributed by atoms with Gasteiger partial charge in [-0.15, -0.1) is 5.10 Å². The van der Waals surface area contributed by atoms with Crippen molar-refractivity contribution in [1.82, 2.24) is 29.9 Å². The highest BCUT2D eigenvalue weighted by Crippen LogP contribution is 2.25. The van der Waals surface area contributed by atoms with Crippen molar-refractivity contribution in [3.8, 4) is 0 Å². The predicted octanol–water partition coefficient (Wildman–Crippen LogP) is 4.00. The SMILES string of the molecule is Cc1ccc(C)c(N2CCN(C(=O)c3ccc(Nc4nc5ccccc5n5nnnc45)cc3)CC2)c1. The Bertz CT molecular complexity index is 1570. The van der Waals surface area contributed by atoms with Crippen LogP contribution in [0.2, 0.25) is 0 Å². The van der Waals surface area contributed by atoms with Gasteiger partial charge in [-0.1, -0.05) is 24.3 Å². The van der Waals surface area contributed by atoms with Crippen LogP contribution < -0.4 is 10.2 Å². The first-order valence-corrected chi connectivity index (χ1v) is 12.0. The average Bonchev–Trinajstić information content (AvgIpc) is 3.41. The fraction of sp³-hybridized carbons (Fsp3) is 0.222. The number of para-hydroxylation sites is 2. The number of hydrogen-bond donors (Lipinski definition) is 1. The van der Waals surface area contributed by atoms with Crippen LogP contribution in [0.15, 0.2) is 66.7 Å². The lowest BCUT2D eigenvalue weighted by molar-refractivity contribution is 0.0747. The van der Waals surface area contributed by atoms with Gasteiger partial charge in [0.2, 0.25) is 5.65 Å². The third kappa shape index (κ3) is 3.98. The van der Waals surface area contributed by atoms with Crippen molar-refractivity contribution in [2.45, 2.75) is 13.8 Å². The van der Waals surface area contributed by atoms with Crippen LogP contribution in [0.4, 0.5) is 17.2 Å². The first-order valence-electron chi connectivity index (χ1n) is 12.0. The molecule has 1 N–H and O–H groups in total. The molecule has 1 aliphatic rings. The maximum Gasteiger partial charge on any atom is 0.253 e. The number of nitrogens with one attached hydrogen (secondary N) is 1. The Kier molecular flexibility index (Phi) is 5.44. The van der Waals surface area contributed by atoms with E-state index in [9.17, 15) is 4.79 Å².